The molecule has 0 unspecified atom stereocenters. The standard InChI is InChI=1S/C23H20FN5O/c24-18-2-1-3-19(13-18)28-23-20-6-4-16(12-21(20)26-15-27-23)17-5-7-22(25-14-17)29-8-10-30-11-9-29/h1-7,12-15H,8-11H2,(H,26,27,28). The Morgan fingerprint density at radius 3 is 2.57 bits per heavy atom. The molecule has 7 heteroatoms. The van der Waals surface area contributed by atoms with Crippen molar-refractivity contribution < 1.29 is 9.13 Å². The minimum Gasteiger partial charge on any atom is -0.378 e. The maximum absolute atomic E-state index is 13.5. The fourth-order valence-electron chi connectivity index (χ4n) is 3.58. The van der Waals surface area contributed by atoms with E-state index in [1.165, 1.54) is 18.5 Å². The lowest BCUT2D eigenvalue weighted by atomic mass is 10.1. The number of morpholine rings is 1. The van der Waals surface area contributed by atoms with Crippen LogP contribution in [0.2, 0.25) is 0 Å². The molecular formula is C23H20FN5O. The number of halogens is 1. The summed E-state index contributed by atoms with van der Waals surface area (Å²) in [5, 5.41) is 4.04. The number of aromatic nitrogens is 3. The van der Waals surface area contributed by atoms with Crippen molar-refractivity contribution >= 4 is 28.2 Å². The molecule has 0 saturated carbocycles. The van der Waals surface area contributed by atoms with Gasteiger partial charge in [0.1, 0.15) is 23.8 Å². The monoisotopic (exact) mass is 401 g/mol. The Morgan fingerprint density at radius 1 is 0.900 bits per heavy atom. The van der Waals surface area contributed by atoms with Crippen molar-refractivity contribution in [1.82, 2.24) is 15.0 Å². The van der Waals surface area contributed by atoms with Gasteiger partial charge in [-0.05, 0) is 48.0 Å². The number of nitrogens with zero attached hydrogens (tertiary/aromatic N) is 4. The second-order valence-electron chi connectivity index (χ2n) is 7.09. The molecular weight excluding hydrogens is 381 g/mol. The Balaban J connectivity index is 1.42. The number of hydrogen-bond acceptors (Lipinski definition) is 6. The number of fused-ring (bicyclic) bond motifs is 1. The summed E-state index contributed by atoms with van der Waals surface area (Å²) in [7, 11) is 0. The molecule has 0 bridgehead atoms. The first-order chi connectivity index (χ1) is 14.8. The molecule has 0 amide bonds. The van der Waals surface area contributed by atoms with Gasteiger partial charge in [-0.15, -0.1) is 0 Å². The Hall–Kier alpha value is -3.58. The van der Waals surface area contributed by atoms with E-state index in [0.29, 0.717) is 11.5 Å². The minimum atomic E-state index is -0.298. The van der Waals surface area contributed by atoms with Gasteiger partial charge in [0, 0.05) is 35.9 Å². The van der Waals surface area contributed by atoms with Gasteiger partial charge in [0.2, 0.25) is 0 Å². The van der Waals surface area contributed by atoms with Crippen LogP contribution in [0.4, 0.5) is 21.7 Å². The van der Waals surface area contributed by atoms with Crippen molar-refractivity contribution in [2.45, 2.75) is 0 Å². The molecule has 1 fully saturated rings. The average molecular weight is 401 g/mol. The predicted molar refractivity (Wildman–Crippen MR) is 115 cm³/mol. The van der Waals surface area contributed by atoms with Gasteiger partial charge in [0.15, 0.2) is 0 Å². The third-order valence-corrected chi connectivity index (χ3v) is 5.14. The number of nitrogens with one attached hydrogen (secondary N) is 1. The van der Waals surface area contributed by atoms with E-state index in [9.17, 15) is 4.39 Å². The van der Waals surface area contributed by atoms with Crippen LogP contribution in [-0.4, -0.2) is 41.3 Å². The van der Waals surface area contributed by atoms with Gasteiger partial charge in [-0.25, -0.2) is 19.3 Å². The van der Waals surface area contributed by atoms with Crippen molar-refractivity contribution in [1.29, 1.82) is 0 Å². The molecule has 1 saturated heterocycles. The third kappa shape index (κ3) is 3.79. The predicted octanol–water partition coefficient (Wildman–Crippen LogP) is 4.41. The first-order valence-electron chi connectivity index (χ1n) is 9.83. The van der Waals surface area contributed by atoms with Crippen LogP contribution in [0.1, 0.15) is 0 Å². The lowest BCUT2D eigenvalue weighted by molar-refractivity contribution is 0.122. The molecule has 6 nitrogen and oxygen atoms in total. The zero-order chi connectivity index (χ0) is 20.3. The van der Waals surface area contributed by atoms with Gasteiger partial charge in [-0.2, -0.15) is 0 Å². The first kappa shape index (κ1) is 18.4. The van der Waals surface area contributed by atoms with Crippen molar-refractivity contribution in [2.75, 3.05) is 36.5 Å². The summed E-state index contributed by atoms with van der Waals surface area (Å²) in [4.78, 5) is 15.6. The molecule has 1 N–H and O–H groups in total. The molecule has 1 aliphatic rings. The minimum absolute atomic E-state index is 0.298. The molecule has 2 aromatic heterocycles. The van der Waals surface area contributed by atoms with Crippen LogP contribution in [0, 0.1) is 5.82 Å². The molecule has 4 aromatic rings. The lowest BCUT2D eigenvalue weighted by Gasteiger charge is -2.27. The highest BCUT2D eigenvalue weighted by Gasteiger charge is 2.13. The molecule has 0 spiro atoms. The third-order valence-electron chi connectivity index (χ3n) is 5.14. The molecule has 3 heterocycles. The van der Waals surface area contributed by atoms with Crippen molar-refractivity contribution in [3.63, 3.8) is 0 Å². The molecule has 0 radical (unpaired) electrons. The van der Waals surface area contributed by atoms with E-state index in [4.69, 9.17) is 4.74 Å². The molecule has 30 heavy (non-hydrogen) atoms. The van der Waals surface area contributed by atoms with Crippen LogP contribution < -0.4 is 10.2 Å². The Bertz CT molecular complexity index is 1180. The van der Waals surface area contributed by atoms with Crippen molar-refractivity contribution in [3.05, 3.63) is 72.9 Å². The maximum atomic E-state index is 13.5. The molecule has 5 rings (SSSR count). The molecule has 2 aromatic carbocycles. The van der Waals surface area contributed by atoms with Crippen molar-refractivity contribution in [3.8, 4) is 11.1 Å². The van der Waals surface area contributed by atoms with E-state index in [1.54, 1.807) is 12.1 Å². The highest BCUT2D eigenvalue weighted by Crippen LogP contribution is 2.28. The quantitative estimate of drug-likeness (QED) is 0.547. The van der Waals surface area contributed by atoms with Crippen LogP contribution in [0.5, 0.6) is 0 Å². The molecule has 0 atom stereocenters. The van der Waals surface area contributed by atoms with Gasteiger partial charge in [-0.1, -0.05) is 12.1 Å². The van der Waals surface area contributed by atoms with Gasteiger partial charge in [0.05, 0.1) is 18.7 Å². The number of pyridine rings is 1. The SMILES string of the molecule is Fc1cccc(Nc2ncnc3cc(-c4ccc(N5CCOCC5)nc4)ccc23)c1. The fraction of sp³-hybridized carbons (Fsp3) is 0.174. The summed E-state index contributed by atoms with van der Waals surface area (Å²) in [6.45, 7) is 3.19. The van der Waals surface area contributed by atoms with Gasteiger partial charge in [0.25, 0.3) is 0 Å². The Kier molecular flexibility index (Phi) is 4.94. The van der Waals surface area contributed by atoms with Crippen LogP contribution in [0.25, 0.3) is 22.0 Å². The largest absolute Gasteiger partial charge is 0.378 e. The van der Waals surface area contributed by atoms with E-state index in [0.717, 1.165) is 54.2 Å². The second-order valence-corrected chi connectivity index (χ2v) is 7.09. The van der Waals surface area contributed by atoms with E-state index >= 15 is 0 Å². The van der Waals surface area contributed by atoms with Crippen LogP contribution in [-0.2, 0) is 4.74 Å². The summed E-state index contributed by atoms with van der Waals surface area (Å²) in [6, 6.07) is 16.4. The zero-order valence-electron chi connectivity index (χ0n) is 16.3. The topological polar surface area (TPSA) is 63.2 Å². The smallest absolute Gasteiger partial charge is 0.141 e. The lowest BCUT2D eigenvalue weighted by Crippen LogP contribution is -2.36. The van der Waals surface area contributed by atoms with E-state index in [1.807, 2.05) is 30.5 Å². The average Bonchev–Trinajstić information content (AvgIpc) is 2.80. The summed E-state index contributed by atoms with van der Waals surface area (Å²) < 4.78 is 18.9. The summed E-state index contributed by atoms with van der Waals surface area (Å²) in [6.07, 6.45) is 3.40. The number of benzene rings is 2. The maximum Gasteiger partial charge on any atom is 0.141 e. The first-order valence-corrected chi connectivity index (χ1v) is 9.83. The van der Waals surface area contributed by atoms with Crippen molar-refractivity contribution in [2.24, 2.45) is 0 Å². The van der Waals surface area contributed by atoms with E-state index in [-0.39, 0.29) is 5.82 Å². The van der Waals surface area contributed by atoms with Gasteiger partial charge >= 0.3 is 0 Å². The zero-order valence-corrected chi connectivity index (χ0v) is 16.3. The molecule has 150 valence electrons. The Labute approximate surface area is 173 Å². The number of anilines is 3. The Morgan fingerprint density at radius 2 is 1.77 bits per heavy atom. The number of hydrogen-bond donors (Lipinski definition) is 1. The summed E-state index contributed by atoms with van der Waals surface area (Å²) in [5.41, 5.74) is 3.49. The summed E-state index contributed by atoms with van der Waals surface area (Å²) >= 11 is 0. The normalized spacial score (nSPS) is 14.1. The van der Waals surface area contributed by atoms with Gasteiger partial charge < -0.3 is 15.0 Å². The van der Waals surface area contributed by atoms with Crippen LogP contribution in [0.15, 0.2) is 67.1 Å². The van der Waals surface area contributed by atoms with E-state index in [2.05, 4.69) is 31.2 Å². The van der Waals surface area contributed by atoms with E-state index < -0.39 is 0 Å². The molecule has 0 aliphatic carbocycles. The molecule has 1 aliphatic heterocycles. The van der Waals surface area contributed by atoms with Gasteiger partial charge in [-0.3, -0.25) is 0 Å². The number of rotatable bonds is 4. The summed E-state index contributed by atoms with van der Waals surface area (Å²) in [5.74, 6) is 1.30. The highest BCUT2D eigenvalue weighted by atomic mass is 19.1. The second kappa shape index (κ2) is 8.04. The van der Waals surface area contributed by atoms with Crippen LogP contribution >= 0.6 is 0 Å². The highest BCUT2D eigenvalue weighted by molar-refractivity contribution is 5.93. The fourth-order valence-corrected chi connectivity index (χ4v) is 3.58. The number of ether oxygens (including phenoxy) is 1. The van der Waals surface area contributed by atoms with Crippen LogP contribution in [0.3, 0.4) is 0 Å².